The Morgan fingerprint density at radius 3 is 3.04 bits per heavy atom. The molecular weight excluding hydrogens is 301 g/mol. The molecule has 0 bridgehead atoms. The maximum absolute atomic E-state index is 13.8. The number of halogens is 1. The molecule has 1 amide bonds. The monoisotopic (exact) mass is 317 g/mol. The summed E-state index contributed by atoms with van der Waals surface area (Å²) in [5.41, 5.74) is 0.731. The van der Waals surface area contributed by atoms with Crippen LogP contribution in [-0.4, -0.2) is 33.6 Å². The summed E-state index contributed by atoms with van der Waals surface area (Å²) in [5, 5.41) is 3.93. The van der Waals surface area contributed by atoms with Crippen molar-refractivity contribution in [3.63, 3.8) is 0 Å². The van der Waals surface area contributed by atoms with Crippen LogP contribution in [0, 0.1) is 12.7 Å². The topological polar surface area (TPSA) is 68.5 Å². The number of aryl methyl sites for hydroxylation is 1. The predicted molar refractivity (Wildman–Crippen MR) is 77.2 cm³/mol. The van der Waals surface area contributed by atoms with Crippen LogP contribution in [0.3, 0.4) is 0 Å². The summed E-state index contributed by atoms with van der Waals surface area (Å²) in [4.78, 5) is 18.8. The highest BCUT2D eigenvalue weighted by molar-refractivity contribution is 5.83. The maximum atomic E-state index is 13.8. The van der Waals surface area contributed by atoms with Crippen LogP contribution in [0.2, 0.25) is 0 Å². The number of hydrogen-bond acceptors (Lipinski definition) is 5. The first kappa shape index (κ1) is 14.2. The fourth-order valence-electron chi connectivity index (χ4n) is 3.30. The first-order chi connectivity index (χ1) is 11.1. The first-order valence-corrected chi connectivity index (χ1v) is 7.68. The molecule has 1 aromatic carbocycles. The molecule has 2 aliphatic rings. The van der Waals surface area contributed by atoms with E-state index in [2.05, 4.69) is 10.1 Å². The number of aromatic nitrogens is 2. The van der Waals surface area contributed by atoms with Crippen molar-refractivity contribution in [2.75, 3.05) is 6.54 Å². The lowest BCUT2D eigenvalue weighted by Crippen LogP contribution is -2.41. The number of rotatable bonds is 2. The highest BCUT2D eigenvalue weighted by Gasteiger charge is 2.40. The number of amides is 1. The third kappa shape index (κ3) is 2.36. The van der Waals surface area contributed by atoms with E-state index in [0.717, 1.165) is 18.4 Å². The highest BCUT2D eigenvalue weighted by Crippen LogP contribution is 2.35. The average molecular weight is 317 g/mol. The molecule has 0 aliphatic carbocycles. The van der Waals surface area contributed by atoms with Crippen LogP contribution in [-0.2, 0) is 11.2 Å². The number of hydrogen-bond donors (Lipinski definition) is 0. The molecule has 2 aromatic rings. The molecule has 23 heavy (non-hydrogen) atoms. The summed E-state index contributed by atoms with van der Waals surface area (Å²) < 4.78 is 24.4. The van der Waals surface area contributed by atoms with Crippen LogP contribution in [0.1, 0.15) is 36.2 Å². The normalized spacial score (nSPS) is 23.0. The summed E-state index contributed by atoms with van der Waals surface area (Å²) in [7, 11) is 0. The minimum Gasteiger partial charge on any atom is -0.477 e. The summed E-state index contributed by atoms with van der Waals surface area (Å²) in [6.07, 6.45) is 1.37. The van der Waals surface area contributed by atoms with Crippen molar-refractivity contribution in [2.45, 2.75) is 38.3 Å². The lowest BCUT2D eigenvalue weighted by atomic mass is 10.1. The van der Waals surface area contributed by atoms with E-state index in [9.17, 15) is 9.18 Å². The van der Waals surface area contributed by atoms with Crippen LogP contribution < -0.4 is 4.74 Å². The fourth-order valence-corrected chi connectivity index (χ4v) is 3.30. The van der Waals surface area contributed by atoms with Crippen molar-refractivity contribution < 1.29 is 18.4 Å². The smallest absolute Gasteiger partial charge is 0.264 e. The van der Waals surface area contributed by atoms with E-state index >= 15 is 0 Å². The molecule has 4 rings (SSSR count). The van der Waals surface area contributed by atoms with Gasteiger partial charge in [0.25, 0.3) is 5.91 Å². The van der Waals surface area contributed by atoms with Gasteiger partial charge in [-0.15, -0.1) is 0 Å². The van der Waals surface area contributed by atoms with Crippen molar-refractivity contribution in [1.82, 2.24) is 15.0 Å². The molecule has 1 aromatic heterocycles. The number of fused-ring (bicyclic) bond motifs is 1. The molecule has 0 unspecified atom stereocenters. The predicted octanol–water partition coefficient (Wildman–Crippen LogP) is 2.18. The van der Waals surface area contributed by atoms with Crippen molar-refractivity contribution >= 4 is 5.91 Å². The molecule has 120 valence electrons. The Balaban J connectivity index is 1.54. The molecule has 6 nitrogen and oxygen atoms in total. The quantitative estimate of drug-likeness (QED) is 0.849. The number of carbonyl (C=O) groups is 1. The first-order valence-electron chi connectivity index (χ1n) is 7.68. The Bertz CT molecular complexity index is 761. The van der Waals surface area contributed by atoms with Crippen LogP contribution in [0.5, 0.6) is 5.75 Å². The van der Waals surface area contributed by atoms with Crippen LogP contribution >= 0.6 is 0 Å². The summed E-state index contributed by atoms with van der Waals surface area (Å²) >= 11 is 0. The van der Waals surface area contributed by atoms with Crippen LogP contribution in [0.25, 0.3) is 0 Å². The lowest BCUT2D eigenvalue weighted by molar-refractivity contribution is -0.139. The zero-order chi connectivity index (χ0) is 16.0. The maximum Gasteiger partial charge on any atom is 0.264 e. The van der Waals surface area contributed by atoms with E-state index in [0.29, 0.717) is 24.7 Å². The Labute approximate surface area is 132 Å². The third-order valence-corrected chi connectivity index (χ3v) is 4.37. The molecule has 1 saturated heterocycles. The minimum absolute atomic E-state index is 0.148. The molecule has 0 saturated carbocycles. The molecule has 7 heteroatoms. The Morgan fingerprint density at radius 2 is 2.30 bits per heavy atom. The van der Waals surface area contributed by atoms with Crippen molar-refractivity contribution in [3.8, 4) is 5.75 Å². The van der Waals surface area contributed by atoms with Gasteiger partial charge in [0.15, 0.2) is 23.5 Å². The van der Waals surface area contributed by atoms with Gasteiger partial charge in [0.2, 0.25) is 5.89 Å². The van der Waals surface area contributed by atoms with E-state index in [1.165, 1.54) is 6.07 Å². The zero-order valence-corrected chi connectivity index (χ0v) is 12.7. The largest absolute Gasteiger partial charge is 0.477 e. The van der Waals surface area contributed by atoms with Gasteiger partial charge in [0.1, 0.15) is 0 Å². The zero-order valence-electron chi connectivity index (χ0n) is 12.7. The number of likely N-dealkylation sites (tertiary alicyclic amines) is 1. The van der Waals surface area contributed by atoms with Crippen LogP contribution in [0.4, 0.5) is 4.39 Å². The van der Waals surface area contributed by atoms with Gasteiger partial charge >= 0.3 is 0 Å². The van der Waals surface area contributed by atoms with Gasteiger partial charge < -0.3 is 14.2 Å². The third-order valence-electron chi connectivity index (χ3n) is 4.37. The number of para-hydroxylation sites is 1. The standard InChI is InChI=1S/C16H16FN3O3/c1-9-18-15(19-23-9)12-6-3-7-20(12)16(21)13-8-10-4-2-5-11(17)14(10)22-13/h2,4-5,12-13H,3,6-8H2,1H3/t12-,13+/m1/s1. The second-order valence-electron chi connectivity index (χ2n) is 5.90. The molecule has 0 N–H and O–H groups in total. The van der Waals surface area contributed by atoms with E-state index < -0.39 is 11.9 Å². The molecule has 3 heterocycles. The van der Waals surface area contributed by atoms with Gasteiger partial charge in [-0.25, -0.2) is 4.39 Å². The van der Waals surface area contributed by atoms with Gasteiger partial charge in [-0.1, -0.05) is 17.3 Å². The number of nitrogens with zero attached hydrogens (tertiary/aromatic N) is 3. The Kier molecular flexibility index (Phi) is 3.28. The average Bonchev–Trinajstić information content (AvgIpc) is 3.24. The van der Waals surface area contributed by atoms with Gasteiger partial charge in [-0.2, -0.15) is 4.98 Å². The molecule has 0 spiro atoms. The summed E-state index contributed by atoms with van der Waals surface area (Å²) in [6.45, 7) is 2.34. The number of carbonyl (C=O) groups excluding carboxylic acids is 1. The Hall–Kier alpha value is -2.44. The lowest BCUT2D eigenvalue weighted by Gasteiger charge is -2.25. The minimum atomic E-state index is -0.685. The molecular formula is C16H16FN3O3. The van der Waals surface area contributed by atoms with E-state index in [1.54, 1.807) is 24.0 Å². The van der Waals surface area contributed by atoms with E-state index in [-0.39, 0.29) is 17.7 Å². The van der Waals surface area contributed by atoms with Gasteiger partial charge in [-0.05, 0) is 18.9 Å². The molecule has 0 radical (unpaired) electrons. The summed E-state index contributed by atoms with van der Waals surface area (Å²) in [5.74, 6) is 0.619. The SMILES string of the molecule is Cc1nc([C@H]2CCCN2C(=O)[C@@H]2Cc3cccc(F)c3O2)no1. The number of benzene rings is 1. The second-order valence-corrected chi connectivity index (χ2v) is 5.90. The van der Waals surface area contributed by atoms with Crippen molar-refractivity contribution in [3.05, 3.63) is 41.3 Å². The van der Waals surface area contributed by atoms with Gasteiger partial charge in [0.05, 0.1) is 6.04 Å². The van der Waals surface area contributed by atoms with Gasteiger partial charge in [-0.3, -0.25) is 4.79 Å². The Morgan fingerprint density at radius 1 is 1.43 bits per heavy atom. The van der Waals surface area contributed by atoms with Crippen molar-refractivity contribution in [2.24, 2.45) is 0 Å². The molecule has 2 atom stereocenters. The molecule has 1 fully saturated rings. The summed E-state index contributed by atoms with van der Waals surface area (Å²) in [6, 6.07) is 4.56. The van der Waals surface area contributed by atoms with Crippen molar-refractivity contribution in [1.29, 1.82) is 0 Å². The molecule has 2 aliphatic heterocycles. The van der Waals surface area contributed by atoms with E-state index in [1.807, 2.05) is 0 Å². The van der Waals surface area contributed by atoms with Gasteiger partial charge in [0, 0.05) is 25.5 Å². The number of ether oxygens (including phenoxy) is 1. The second kappa shape index (κ2) is 5.33. The highest BCUT2D eigenvalue weighted by atomic mass is 19.1. The fraction of sp³-hybridized carbons (Fsp3) is 0.438. The van der Waals surface area contributed by atoms with E-state index in [4.69, 9.17) is 9.26 Å². The van der Waals surface area contributed by atoms with Crippen LogP contribution in [0.15, 0.2) is 22.7 Å².